The second kappa shape index (κ2) is 67.8. The topological polar surface area (TPSA) is 105 Å². The summed E-state index contributed by atoms with van der Waals surface area (Å²) in [6, 6.07) is -0.847. The highest BCUT2D eigenvalue weighted by Crippen LogP contribution is 2.43. The number of nitrogens with zero attached hydrogens (tertiary/aromatic N) is 1. The van der Waals surface area contributed by atoms with Gasteiger partial charge in [-0.3, -0.25) is 13.8 Å². The number of aliphatic hydroxyl groups excluding tert-OH is 1. The summed E-state index contributed by atoms with van der Waals surface area (Å²) >= 11 is 0. The van der Waals surface area contributed by atoms with Gasteiger partial charge in [-0.2, -0.15) is 0 Å². The number of phosphoric ester groups is 1. The van der Waals surface area contributed by atoms with Crippen molar-refractivity contribution >= 4 is 13.7 Å². The summed E-state index contributed by atoms with van der Waals surface area (Å²) < 4.78 is 23.9. The second-order valence-electron chi connectivity index (χ2n) is 27.4. The Morgan fingerprint density at radius 2 is 0.663 bits per heavy atom. The molecule has 0 radical (unpaired) electrons. The van der Waals surface area contributed by atoms with Gasteiger partial charge in [0.15, 0.2) is 0 Å². The van der Waals surface area contributed by atoms with Gasteiger partial charge in [0.1, 0.15) is 13.2 Å². The molecule has 1 amide bonds. The molecule has 0 aliphatic heterocycles. The van der Waals surface area contributed by atoms with Crippen molar-refractivity contribution in [3.63, 3.8) is 0 Å². The lowest BCUT2D eigenvalue weighted by Crippen LogP contribution is -2.45. The zero-order valence-electron chi connectivity index (χ0n) is 58.3. The van der Waals surface area contributed by atoms with E-state index in [4.69, 9.17) is 9.05 Å². The zero-order valence-corrected chi connectivity index (χ0v) is 59.2. The van der Waals surface area contributed by atoms with Crippen LogP contribution in [0.3, 0.4) is 0 Å². The lowest BCUT2D eigenvalue weighted by atomic mass is 10.0. The molecule has 9 heteroatoms. The summed E-state index contributed by atoms with van der Waals surface area (Å²) in [4.78, 5) is 23.5. The highest BCUT2D eigenvalue weighted by molar-refractivity contribution is 7.47. The number of amides is 1. The van der Waals surface area contributed by atoms with E-state index >= 15 is 0 Å². The van der Waals surface area contributed by atoms with Gasteiger partial charge in [0.25, 0.3) is 0 Å². The summed E-state index contributed by atoms with van der Waals surface area (Å²) in [6.45, 7) is 4.86. The van der Waals surface area contributed by atoms with Crippen LogP contribution in [0.15, 0.2) is 48.6 Å². The van der Waals surface area contributed by atoms with E-state index in [2.05, 4.69) is 55.6 Å². The van der Waals surface area contributed by atoms with Gasteiger partial charge in [-0.25, -0.2) is 4.57 Å². The van der Waals surface area contributed by atoms with Crippen LogP contribution in [0.5, 0.6) is 0 Å². The monoisotopic (exact) mass is 1230 g/mol. The molecule has 0 aromatic carbocycles. The average Bonchev–Trinajstić information content (AvgIpc) is 3.70. The third-order valence-electron chi connectivity index (χ3n) is 17.5. The molecule has 0 saturated carbocycles. The molecule has 0 aliphatic carbocycles. The maximum atomic E-state index is 13.1. The van der Waals surface area contributed by atoms with Crippen LogP contribution in [0.1, 0.15) is 386 Å². The fraction of sp³-hybridized carbons (Fsp3) is 0.883. The molecule has 0 bridgehead atoms. The number of rotatable bonds is 71. The molecule has 3 N–H and O–H groups in total. The number of unbranched alkanes of at least 4 members (excludes halogenated alkanes) is 52. The third kappa shape index (κ3) is 69.9. The van der Waals surface area contributed by atoms with E-state index in [-0.39, 0.29) is 19.1 Å². The third-order valence-corrected chi connectivity index (χ3v) is 18.5. The summed E-state index contributed by atoms with van der Waals surface area (Å²) in [7, 11) is 1.59. The van der Waals surface area contributed by atoms with Gasteiger partial charge in [-0.15, -0.1) is 0 Å². The molecule has 0 spiro atoms. The number of aliphatic hydroxyl groups is 1. The molecule has 86 heavy (non-hydrogen) atoms. The smallest absolute Gasteiger partial charge is 0.387 e. The summed E-state index contributed by atoms with van der Waals surface area (Å²) in [6.07, 6.45) is 92.8. The Bertz CT molecular complexity index is 1540. The van der Waals surface area contributed by atoms with E-state index < -0.39 is 20.0 Å². The van der Waals surface area contributed by atoms with Gasteiger partial charge in [0.05, 0.1) is 39.9 Å². The van der Waals surface area contributed by atoms with E-state index in [1.54, 1.807) is 6.08 Å². The minimum Gasteiger partial charge on any atom is -0.387 e. The quantitative estimate of drug-likeness (QED) is 0.0243. The van der Waals surface area contributed by atoms with Crippen LogP contribution in [-0.4, -0.2) is 73.4 Å². The number of carbonyl (C=O) groups is 1. The zero-order chi connectivity index (χ0) is 62.6. The van der Waals surface area contributed by atoms with Crippen molar-refractivity contribution in [2.75, 3.05) is 40.9 Å². The number of likely N-dealkylation sites (N-methyl/N-ethyl adjacent to an activating group) is 1. The fourth-order valence-electron chi connectivity index (χ4n) is 11.6. The highest BCUT2D eigenvalue weighted by Gasteiger charge is 2.28. The van der Waals surface area contributed by atoms with Crippen molar-refractivity contribution in [2.24, 2.45) is 0 Å². The van der Waals surface area contributed by atoms with Gasteiger partial charge < -0.3 is 19.8 Å². The first-order valence-electron chi connectivity index (χ1n) is 38.0. The van der Waals surface area contributed by atoms with E-state index in [1.165, 1.54) is 321 Å². The van der Waals surface area contributed by atoms with Crippen molar-refractivity contribution in [3.8, 4) is 0 Å². The number of hydrogen-bond donors (Lipinski definition) is 3. The van der Waals surface area contributed by atoms with E-state index in [1.807, 2.05) is 27.2 Å². The van der Waals surface area contributed by atoms with Crippen molar-refractivity contribution in [2.45, 2.75) is 398 Å². The molecule has 0 saturated heterocycles. The number of hydrogen-bond acceptors (Lipinski definition) is 5. The number of quaternary nitrogens is 1. The van der Waals surface area contributed by atoms with Crippen LogP contribution in [-0.2, 0) is 18.4 Å². The number of phosphoric acid groups is 1. The fourth-order valence-corrected chi connectivity index (χ4v) is 12.4. The molecule has 0 aromatic rings. The molecular formula is C77H150N2O6P+. The van der Waals surface area contributed by atoms with E-state index in [0.717, 1.165) is 44.9 Å². The Kier molecular flexibility index (Phi) is 66.6. The predicted molar refractivity (Wildman–Crippen MR) is 378 cm³/mol. The molecule has 508 valence electrons. The summed E-state index contributed by atoms with van der Waals surface area (Å²) in [5, 5.41) is 14.0. The molecule has 0 aromatic heterocycles. The van der Waals surface area contributed by atoms with Crippen molar-refractivity contribution in [1.82, 2.24) is 5.32 Å². The van der Waals surface area contributed by atoms with Gasteiger partial charge in [-0.1, -0.05) is 371 Å². The van der Waals surface area contributed by atoms with Crippen LogP contribution < -0.4 is 5.32 Å². The first-order chi connectivity index (χ1) is 42.0. The van der Waals surface area contributed by atoms with Gasteiger partial charge >= 0.3 is 7.82 Å². The summed E-state index contributed by atoms with van der Waals surface area (Å²) in [5.74, 6) is -0.169. The molecule has 0 heterocycles. The van der Waals surface area contributed by atoms with Crippen LogP contribution in [0.2, 0.25) is 0 Å². The Morgan fingerprint density at radius 3 is 0.965 bits per heavy atom. The van der Waals surface area contributed by atoms with Crippen molar-refractivity contribution < 1.29 is 32.9 Å². The first kappa shape index (κ1) is 84.5. The minimum absolute atomic E-state index is 0.0633. The van der Waals surface area contributed by atoms with E-state index in [9.17, 15) is 19.4 Å². The number of carbonyl (C=O) groups excluding carboxylic acids is 1. The van der Waals surface area contributed by atoms with Crippen molar-refractivity contribution in [3.05, 3.63) is 48.6 Å². The molecule has 0 aliphatic rings. The Morgan fingerprint density at radius 1 is 0.395 bits per heavy atom. The molecule has 3 atom stereocenters. The Hall–Kier alpha value is -1.54. The average molecular weight is 1230 g/mol. The maximum Gasteiger partial charge on any atom is 0.472 e. The van der Waals surface area contributed by atoms with Gasteiger partial charge in [0.2, 0.25) is 5.91 Å². The highest BCUT2D eigenvalue weighted by atomic mass is 31.2. The standard InChI is InChI=1S/C77H149N2O6P/c1-6-8-10-12-14-16-18-20-22-24-26-28-30-32-34-35-36-37-38-39-40-41-42-43-45-47-49-51-53-55-57-59-61-63-65-67-69-71-77(81)78-75(74-85-86(82,83)84-73-72-79(3,4)5)76(80)70-68-66-64-62-60-58-56-54-52-50-48-46-44-33-31-29-27-25-23-21-19-17-15-13-11-9-7-2/h18,20,24,26,30,32,68,70,75-76,80H,6-17,19,21-23,25,27-29,31,33-67,69,71-74H2,1-5H3,(H-,78,81,82,83)/p+1/b20-18-,26-24-,32-30-,70-68+. The SMILES string of the molecule is CCCCCCC/C=C\C/C=C\C/C=C\CCCCCCCCCCCCCCCCCCCCCCCCC(=O)NC(COP(=O)(O)OCC[N+](C)(C)C)C(O)/C=C/CCCCCCCCCCCCCCCCCCCCCCCCCCC. The van der Waals surface area contributed by atoms with Gasteiger partial charge in [-0.05, 0) is 57.8 Å². The predicted octanol–water partition coefficient (Wildman–Crippen LogP) is 24.6. The number of nitrogens with one attached hydrogen (secondary N) is 1. The van der Waals surface area contributed by atoms with E-state index in [0.29, 0.717) is 17.4 Å². The van der Waals surface area contributed by atoms with Crippen LogP contribution in [0.25, 0.3) is 0 Å². The number of allylic oxidation sites excluding steroid dienone is 7. The lowest BCUT2D eigenvalue weighted by Gasteiger charge is -2.25. The minimum atomic E-state index is -4.35. The Labute approximate surface area is 537 Å². The second-order valence-corrected chi connectivity index (χ2v) is 28.8. The molecule has 0 rings (SSSR count). The lowest BCUT2D eigenvalue weighted by molar-refractivity contribution is -0.870. The van der Waals surface area contributed by atoms with Gasteiger partial charge in [0, 0.05) is 6.42 Å². The van der Waals surface area contributed by atoms with Crippen molar-refractivity contribution in [1.29, 1.82) is 0 Å². The molecule has 0 fully saturated rings. The molecule has 8 nitrogen and oxygen atoms in total. The Balaban J connectivity index is 3.97. The summed E-state index contributed by atoms with van der Waals surface area (Å²) in [5.41, 5.74) is 0. The maximum absolute atomic E-state index is 13.1. The van der Waals surface area contributed by atoms with Crippen LogP contribution >= 0.6 is 7.82 Å². The molecule has 3 unspecified atom stereocenters. The van der Waals surface area contributed by atoms with Crippen LogP contribution in [0.4, 0.5) is 0 Å². The first-order valence-corrected chi connectivity index (χ1v) is 39.5. The largest absolute Gasteiger partial charge is 0.472 e. The molecular weight excluding hydrogens is 1080 g/mol. The normalized spacial score (nSPS) is 13.8. The van der Waals surface area contributed by atoms with Crippen LogP contribution in [0, 0.1) is 0 Å².